The highest BCUT2D eigenvalue weighted by Crippen LogP contribution is 2.27. The molecule has 0 unspecified atom stereocenters. The molecule has 1 aromatic rings. The maximum Gasteiger partial charge on any atom is 0.310 e. The van der Waals surface area contributed by atoms with Crippen molar-refractivity contribution in [2.24, 2.45) is 0 Å². The highest BCUT2D eigenvalue weighted by atomic mass is 16.6. The van der Waals surface area contributed by atoms with E-state index in [-0.39, 0.29) is 42.5 Å². The van der Waals surface area contributed by atoms with Gasteiger partial charge in [-0.05, 0) is 38.3 Å². The molecule has 1 fully saturated rings. The number of nitrogens with one attached hydrogen (secondary N) is 1. The minimum absolute atomic E-state index is 0.0432. The number of hydrogen-bond donors (Lipinski definition) is 1. The van der Waals surface area contributed by atoms with Gasteiger partial charge in [-0.2, -0.15) is 0 Å². The van der Waals surface area contributed by atoms with Crippen LogP contribution < -0.4 is 10.1 Å². The molecule has 0 spiro atoms. The minimum Gasteiger partial charge on any atom is -0.486 e. The van der Waals surface area contributed by atoms with Crippen molar-refractivity contribution in [2.45, 2.75) is 45.3 Å². The maximum atomic E-state index is 11.9. The second kappa shape index (κ2) is 7.92. The number of ether oxygens (including phenoxy) is 2. The fourth-order valence-corrected chi connectivity index (χ4v) is 2.56. The van der Waals surface area contributed by atoms with Crippen molar-refractivity contribution in [3.05, 3.63) is 33.9 Å². The van der Waals surface area contributed by atoms with Gasteiger partial charge in [0.05, 0.1) is 30.1 Å². The normalized spacial score (nSPS) is 18.4. The summed E-state index contributed by atoms with van der Waals surface area (Å²) in [5.74, 6) is 0.0401. The predicted octanol–water partition coefficient (Wildman–Crippen LogP) is 2.36. The lowest BCUT2D eigenvalue weighted by Gasteiger charge is -2.20. The zero-order valence-electron chi connectivity index (χ0n) is 13.4. The number of hydrogen-bond acceptors (Lipinski definition) is 5. The summed E-state index contributed by atoms with van der Waals surface area (Å²) in [7, 11) is 0. The van der Waals surface area contributed by atoms with Crippen LogP contribution in [-0.4, -0.2) is 36.2 Å². The zero-order valence-corrected chi connectivity index (χ0v) is 13.4. The number of aryl methyl sites for hydroxylation is 1. The molecule has 0 bridgehead atoms. The second-order valence-corrected chi connectivity index (χ2v) is 5.73. The summed E-state index contributed by atoms with van der Waals surface area (Å²) in [5.41, 5.74) is 0.769. The van der Waals surface area contributed by atoms with E-state index in [0.717, 1.165) is 25.0 Å². The lowest BCUT2D eigenvalue weighted by molar-refractivity contribution is -0.385. The first-order valence-corrected chi connectivity index (χ1v) is 7.76. The van der Waals surface area contributed by atoms with Gasteiger partial charge in [-0.1, -0.05) is 6.07 Å². The number of benzene rings is 1. The molecular formula is C16H22N2O5. The standard InChI is InChI=1S/C16H22N2O5/c1-11-5-6-13(18(20)21)15(10-11)23-9-7-16(19)17-12(2)14-4-3-8-22-14/h5-6,10,12,14H,3-4,7-9H2,1-2H3,(H,17,19)/t12-,14-/m0/s1. The molecule has 0 radical (unpaired) electrons. The number of amides is 1. The van der Waals surface area contributed by atoms with Gasteiger partial charge in [-0.15, -0.1) is 0 Å². The number of nitro groups is 1. The number of rotatable bonds is 7. The molecule has 0 aliphatic carbocycles. The number of carbonyl (C=O) groups excluding carboxylic acids is 1. The van der Waals surface area contributed by atoms with Crippen molar-refractivity contribution < 1.29 is 19.2 Å². The van der Waals surface area contributed by atoms with Crippen LogP contribution in [0.5, 0.6) is 5.75 Å². The van der Waals surface area contributed by atoms with E-state index >= 15 is 0 Å². The average molecular weight is 322 g/mol. The first-order chi connectivity index (χ1) is 11.0. The minimum atomic E-state index is -0.492. The fraction of sp³-hybridized carbons (Fsp3) is 0.562. The van der Waals surface area contributed by atoms with E-state index in [2.05, 4.69) is 5.32 Å². The Morgan fingerprint density at radius 1 is 1.57 bits per heavy atom. The third kappa shape index (κ3) is 4.92. The van der Waals surface area contributed by atoms with Crippen LogP contribution in [0.2, 0.25) is 0 Å². The Morgan fingerprint density at radius 2 is 2.35 bits per heavy atom. The van der Waals surface area contributed by atoms with E-state index in [0.29, 0.717) is 0 Å². The van der Waals surface area contributed by atoms with Gasteiger partial charge in [-0.3, -0.25) is 14.9 Å². The van der Waals surface area contributed by atoms with Gasteiger partial charge in [0.1, 0.15) is 0 Å². The number of carbonyl (C=O) groups is 1. The van der Waals surface area contributed by atoms with Crippen molar-refractivity contribution in [1.82, 2.24) is 5.32 Å². The molecule has 0 saturated carbocycles. The average Bonchev–Trinajstić information content (AvgIpc) is 3.01. The molecule has 7 nitrogen and oxygen atoms in total. The maximum absolute atomic E-state index is 11.9. The van der Waals surface area contributed by atoms with Gasteiger partial charge < -0.3 is 14.8 Å². The fourth-order valence-electron chi connectivity index (χ4n) is 2.56. The largest absolute Gasteiger partial charge is 0.486 e. The van der Waals surface area contributed by atoms with E-state index in [1.165, 1.54) is 6.07 Å². The van der Waals surface area contributed by atoms with Crippen molar-refractivity contribution >= 4 is 11.6 Å². The van der Waals surface area contributed by atoms with Gasteiger partial charge in [0.2, 0.25) is 5.91 Å². The summed E-state index contributed by atoms with van der Waals surface area (Å²) in [6.07, 6.45) is 2.18. The molecular weight excluding hydrogens is 300 g/mol. The van der Waals surface area contributed by atoms with Crippen molar-refractivity contribution in [2.75, 3.05) is 13.2 Å². The number of nitro benzene ring substituents is 1. The topological polar surface area (TPSA) is 90.7 Å². The van der Waals surface area contributed by atoms with Gasteiger partial charge in [0, 0.05) is 12.7 Å². The molecule has 2 rings (SSSR count). The zero-order chi connectivity index (χ0) is 16.8. The summed E-state index contributed by atoms with van der Waals surface area (Å²) in [4.78, 5) is 22.4. The van der Waals surface area contributed by atoms with E-state index < -0.39 is 4.92 Å². The van der Waals surface area contributed by atoms with E-state index in [1.807, 2.05) is 13.8 Å². The second-order valence-electron chi connectivity index (χ2n) is 5.73. The Kier molecular flexibility index (Phi) is 5.92. The number of nitrogens with zero attached hydrogens (tertiary/aromatic N) is 1. The molecule has 126 valence electrons. The van der Waals surface area contributed by atoms with Crippen molar-refractivity contribution in [3.63, 3.8) is 0 Å². The molecule has 1 aromatic carbocycles. The summed E-state index contributed by atoms with van der Waals surface area (Å²) in [6, 6.07) is 4.62. The van der Waals surface area contributed by atoms with Crippen LogP contribution in [0.3, 0.4) is 0 Å². The SMILES string of the molecule is Cc1ccc([N+](=O)[O-])c(OCCC(=O)N[C@@H](C)[C@@H]2CCCO2)c1. The first kappa shape index (κ1) is 17.2. The third-order valence-corrected chi connectivity index (χ3v) is 3.81. The molecule has 1 amide bonds. The van der Waals surface area contributed by atoms with Gasteiger partial charge in [0.25, 0.3) is 0 Å². The summed E-state index contributed by atoms with van der Waals surface area (Å²) < 4.78 is 10.9. The molecule has 7 heteroatoms. The van der Waals surface area contributed by atoms with Gasteiger partial charge in [-0.25, -0.2) is 0 Å². The van der Waals surface area contributed by atoms with Crippen LogP contribution in [0.25, 0.3) is 0 Å². The van der Waals surface area contributed by atoms with E-state index in [9.17, 15) is 14.9 Å². The molecule has 1 heterocycles. The quantitative estimate of drug-likeness (QED) is 0.614. The summed E-state index contributed by atoms with van der Waals surface area (Å²) in [5, 5.41) is 13.8. The van der Waals surface area contributed by atoms with Crippen LogP contribution in [0.15, 0.2) is 18.2 Å². The predicted molar refractivity (Wildman–Crippen MR) is 84.5 cm³/mol. The summed E-state index contributed by atoms with van der Waals surface area (Å²) in [6.45, 7) is 4.58. The Balaban J connectivity index is 1.81. The van der Waals surface area contributed by atoms with Gasteiger partial charge in [0.15, 0.2) is 5.75 Å². The summed E-state index contributed by atoms with van der Waals surface area (Å²) >= 11 is 0. The third-order valence-electron chi connectivity index (χ3n) is 3.81. The van der Waals surface area contributed by atoms with Crippen LogP contribution in [0, 0.1) is 17.0 Å². The molecule has 2 atom stereocenters. The molecule has 1 aliphatic rings. The Labute approximate surface area is 135 Å². The Hall–Kier alpha value is -2.15. The molecule has 1 saturated heterocycles. The highest BCUT2D eigenvalue weighted by Gasteiger charge is 2.23. The molecule has 23 heavy (non-hydrogen) atoms. The van der Waals surface area contributed by atoms with Crippen molar-refractivity contribution in [1.29, 1.82) is 0 Å². The van der Waals surface area contributed by atoms with Crippen molar-refractivity contribution in [3.8, 4) is 5.75 Å². The molecule has 0 aromatic heterocycles. The smallest absolute Gasteiger partial charge is 0.310 e. The Bertz CT molecular complexity index is 570. The lowest BCUT2D eigenvalue weighted by atomic mass is 10.1. The van der Waals surface area contributed by atoms with E-state index in [1.54, 1.807) is 12.1 Å². The first-order valence-electron chi connectivity index (χ1n) is 7.76. The van der Waals surface area contributed by atoms with E-state index in [4.69, 9.17) is 9.47 Å². The molecule has 1 N–H and O–H groups in total. The van der Waals surface area contributed by atoms with Gasteiger partial charge >= 0.3 is 5.69 Å². The van der Waals surface area contributed by atoms with Crippen LogP contribution >= 0.6 is 0 Å². The highest BCUT2D eigenvalue weighted by molar-refractivity contribution is 5.76. The Morgan fingerprint density at radius 3 is 3.00 bits per heavy atom. The lowest BCUT2D eigenvalue weighted by Crippen LogP contribution is -2.41. The molecule has 1 aliphatic heterocycles. The van der Waals surface area contributed by atoms with Crippen LogP contribution in [0.1, 0.15) is 31.7 Å². The monoisotopic (exact) mass is 322 g/mol. The van der Waals surface area contributed by atoms with Crippen LogP contribution in [-0.2, 0) is 9.53 Å². The van der Waals surface area contributed by atoms with Crippen LogP contribution in [0.4, 0.5) is 5.69 Å².